The van der Waals surface area contributed by atoms with Gasteiger partial charge in [0.25, 0.3) is 0 Å². The van der Waals surface area contributed by atoms with E-state index in [9.17, 15) is 14.4 Å². The Morgan fingerprint density at radius 2 is 0.852 bits per heavy atom. The average Bonchev–Trinajstić information content (AvgIpc) is 3.49. The third-order valence-electron chi connectivity index (χ3n) is 5.32. The van der Waals surface area contributed by atoms with Gasteiger partial charge in [0.1, 0.15) is 0 Å². The van der Waals surface area contributed by atoms with Crippen molar-refractivity contribution in [3.63, 3.8) is 0 Å². The molecule has 150 valence electrons. The van der Waals surface area contributed by atoms with E-state index in [4.69, 9.17) is 14.2 Å². The van der Waals surface area contributed by atoms with Gasteiger partial charge in [-0.3, -0.25) is 0 Å². The molecule has 0 N–H and O–H groups in total. The number of rotatable bonds is 12. The van der Waals surface area contributed by atoms with Crippen molar-refractivity contribution >= 4 is 0 Å². The van der Waals surface area contributed by atoms with Gasteiger partial charge in [0.2, 0.25) is 0 Å². The van der Waals surface area contributed by atoms with Crippen LogP contribution in [-0.4, -0.2) is 51.8 Å². The molecule has 4 rings (SSSR count). The SMILES string of the molecule is O=c1n(CCCC2CO2)c(=O)n(CCC[C@H]2CO2)c(=O)n1CCCC1CO1. The molecule has 3 aliphatic rings. The molecule has 4 heterocycles. The van der Waals surface area contributed by atoms with Crippen molar-refractivity contribution in [1.29, 1.82) is 0 Å². The minimum absolute atomic E-state index is 0.255. The van der Waals surface area contributed by atoms with Gasteiger partial charge in [-0.05, 0) is 38.5 Å². The summed E-state index contributed by atoms with van der Waals surface area (Å²) >= 11 is 0. The summed E-state index contributed by atoms with van der Waals surface area (Å²) in [5.41, 5.74) is -1.50. The first-order chi connectivity index (χ1) is 13.1. The first-order valence-corrected chi connectivity index (χ1v) is 9.93. The van der Waals surface area contributed by atoms with Crippen LogP contribution in [0, 0.1) is 0 Å². The molecule has 0 aliphatic carbocycles. The van der Waals surface area contributed by atoms with E-state index in [-0.39, 0.29) is 18.3 Å². The van der Waals surface area contributed by atoms with E-state index < -0.39 is 17.1 Å². The lowest BCUT2D eigenvalue weighted by Gasteiger charge is -2.13. The lowest BCUT2D eigenvalue weighted by atomic mass is 10.2. The molecule has 1 aromatic heterocycles. The molecular weight excluding hydrogens is 354 g/mol. The fraction of sp³-hybridized carbons (Fsp3) is 0.833. The Morgan fingerprint density at radius 3 is 1.07 bits per heavy atom. The summed E-state index contributed by atoms with van der Waals surface area (Å²) in [5.74, 6) is 0. The van der Waals surface area contributed by atoms with Gasteiger partial charge in [-0.1, -0.05) is 0 Å². The molecule has 0 saturated carbocycles. The summed E-state index contributed by atoms with van der Waals surface area (Å²) in [6.45, 7) is 3.21. The number of hydrogen-bond donors (Lipinski definition) is 0. The molecule has 3 aliphatic heterocycles. The maximum Gasteiger partial charge on any atom is 0.336 e. The van der Waals surface area contributed by atoms with Crippen LogP contribution in [-0.2, 0) is 33.8 Å². The average molecular weight is 381 g/mol. The number of hydrogen-bond acceptors (Lipinski definition) is 6. The summed E-state index contributed by atoms with van der Waals surface area (Å²) in [6.07, 6.45) is 5.29. The second-order valence-corrected chi connectivity index (χ2v) is 7.60. The zero-order valence-corrected chi connectivity index (χ0v) is 15.5. The van der Waals surface area contributed by atoms with Gasteiger partial charge in [0, 0.05) is 19.6 Å². The summed E-state index contributed by atoms with van der Waals surface area (Å²) in [4.78, 5) is 38.3. The summed E-state index contributed by atoms with van der Waals surface area (Å²) < 4.78 is 19.2. The molecule has 3 atom stereocenters. The minimum atomic E-state index is -0.500. The van der Waals surface area contributed by atoms with Gasteiger partial charge in [0.15, 0.2) is 0 Å². The van der Waals surface area contributed by atoms with E-state index in [1.54, 1.807) is 0 Å². The van der Waals surface area contributed by atoms with Crippen LogP contribution in [0.4, 0.5) is 0 Å². The molecule has 0 spiro atoms. The smallest absolute Gasteiger partial charge is 0.336 e. The maximum absolute atomic E-state index is 12.8. The summed E-state index contributed by atoms with van der Waals surface area (Å²) in [5, 5.41) is 0. The molecule has 1 aromatic rings. The van der Waals surface area contributed by atoms with E-state index in [0.29, 0.717) is 38.9 Å². The Balaban J connectivity index is 1.52. The van der Waals surface area contributed by atoms with E-state index in [1.165, 1.54) is 13.7 Å². The van der Waals surface area contributed by atoms with Crippen LogP contribution in [0.5, 0.6) is 0 Å². The van der Waals surface area contributed by atoms with Crippen molar-refractivity contribution < 1.29 is 14.2 Å². The van der Waals surface area contributed by atoms with Crippen LogP contribution in [0.15, 0.2) is 14.4 Å². The highest BCUT2D eigenvalue weighted by atomic mass is 16.6. The van der Waals surface area contributed by atoms with Gasteiger partial charge in [-0.15, -0.1) is 0 Å². The largest absolute Gasteiger partial charge is 0.373 e. The Hall–Kier alpha value is -1.71. The van der Waals surface area contributed by atoms with Crippen molar-refractivity contribution in [3.05, 3.63) is 31.5 Å². The van der Waals surface area contributed by atoms with Gasteiger partial charge in [-0.2, -0.15) is 0 Å². The molecule has 0 radical (unpaired) electrons. The van der Waals surface area contributed by atoms with Crippen molar-refractivity contribution in [1.82, 2.24) is 13.7 Å². The number of aromatic nitrogens is 3. The van der Waals surface area contributed by atoms with Crippen LogP contribution in [0.1, 0.15) is 38.5 Å². The fourth-order valence-corrected chi connectivity index (χ4v) is 3.39. The van der Waals surface area contributed by atoms with Gasteiger partial charge in [0.05, 0.1) is 38.1 Å². The molecule has 3 saturated heterocycles. The number of ether oxygens (including phenoxy) is 3. The minimum Gasteiger partial charge on any atom is -0.373 e. The maximum atomic E-state index is 12.8. The Bertz CT molecular complexity index is 689. The highest BCUT2D eigenvalue weighted by Gasteiger charge is 2.24. The first kappa shape index (κ1) is 18.6. The third-order valence-corrected chi connectivity index (χ3v) is 5.32. The predicted molar refractivity (Wildman–Crippen MR) is 96.1 cm³/mol. The van der Waals surface area contributed by atoms with E-state index >= 15 is 0 Å². The number of nitrogens with zero attached hydrogens (tertiary/aromatic N) is 3. The van der Waals surface area contributed by atoms with Crippen LogP contribution in [0.2, 0.25) is 0 Å². The van der Waals surface area contributed by atoms with E-state index in [1.807, 2.05) is 0 Å². The molecule has 2 unspecified atom stereocenters. The highest BCUT2D eigenvalue weighted by molar-refractivity contribution is 4.81. The molecule has 27 heavy (non-hydrogen) atoms. The van der Waals surface area contributed by atoms with Crippen molar-refractivity contribution in [2.24, 2.45) is 0 Å². The van der Waals surface area contributed by atoms with Gasteiger partial charge >= 0.3 is 17.1 Å². The molecule has 3 fully saturated rings. The molecule has 9 nitrogen and oxygen atoms in total. The lowest BCUT2D eigenvalue weighted by Crippen LogP contribution is -2.54. The van der Waals surface area contributed by atoms with Crippen LogP contribution in [0.25, 0.3) is 0 Å². The van der Waals surface area contributed by atoms with Gasteiger partial charge < -0.3 is 14.2 Å². The van der Waals surface area contributed by atoms with Crippen LogP contribution < -0.4 is 17.1 Å². The van der Waals surface area contributed by atoms with Crippen molar-refractivity contribution in [3.8, 4) is 0 Å². The van der Waals surface area contributed by atoms with Crippen molar-refractivity contribution in [2.45, 2.75) is 76.5 Å². The molecule has 0 bridgehead atoms. The van der Waals surface area contributed by atoms with Gasteiger partial charge in [-0.25, -0.2) is 28.1 Å². The highest BCUT2D eigenvalue weighted by Crippen LogP contribution is 2.16. The summed E-state index contributed by atoms with van der Waals surface area (Å²) in [7, 11) is 0. The Labute approximate surface area is 156 Å². The molecule has 9 heteroatoms. The summed E-state index contributed by atoms with van der Waals surface area (Å²) in [6, 6.07) is 0. The third kappa shape index (κ3) is 4.97. The molecule has 0 amide bonds. The first-order valence-electron chi connectivity index (χ1n) is 9.93. The Morgan fingerprint density at radius 1 is 0.593 bits per heavy atom. The standard InChI is InChI=1S/C18H27N3O6/c22-16-19(7-1-4-13-10-25-13)17(23)21(9-3-6-15-12-27-15)18(24)20(16)8-2-5-14-11-26-14/h13-15H,1-12H2/t13-,14?,15?/m0/s1. The second kappa shape index (κ2) is 8.12. The quantitative estimate of drug-likeness (QED) is 0.461. The Kier molecular flexibility index (Phi) is 5.60. The molecule has 0 aromatic carbocycles. The zero-order chi connectivity index (χ0) is 18.8. The zero-order valence-electron chi connectivity index (χ0n) is 15.5. The van der Waals surface area contributed by atoms with Crippen LogP contribution in [0.3, 0.4) is 0 Å². The monoisotopic (exact) mass is 381 g/mol. The topological polar surface area (TPSA) is 104 Å². The van der Waals surface area contributed by atoms with Crippen molar-refractivity contribution in [2.75, 3.05) is 19.8 Å². The van der Waals surface area contributed by atoms with E-state index in [2.05, 4.69) is 0 Å². The number of epoxide rings is 3. The fourth-order valence-electron chi connectivity index (χ4n) is 3.39. The normalized spacial score (nSPS) is 25.6. The predicted octanol–water partition coefficient (Wildman–Crippen LogP) is -0.291. The van der Waals surface area contributed by atoms with Crippen LogP contribution >= 0.6 is 0 Å². The molecular formula is C18H27N3O6. The second-order valence-electron chi connectivity index (χ2n) is 7.60. The van der Waals surface area contributed by atoms with E-state index in [0.717, 1.165) is 39.1 Å². The lowest BCUT2D eigenvalue weighted by molar-refractivity contribution is 0.361.